The van der Waals surface area contributed by atoms with Gasteiger partial charge in [-0.3, -0.25) is 0 Å². The van der Waals surface area contributed by atoms with E-state index in [1.807, 2.05) is 6.92 Å². The third-order valence-electron chi connectivity index (χ3n) is 2.00. The van der Waals surface area contributed by atoms with Crippen LogP contribution >= 0.6 is 11.3 Å². The lowest BCUT2D eigenvalue weighted by atomic mass is 10.3. The molecule has 1 unspecified atom stereocenters. The Morgan fingerprint density at radius 2 is 2.12 bits per heavy atom. The molecule has 92 valence electrons. The van der Waals surface area contributed by atoms with Crippen molar-refractivity contribution in [2.24, 2.45) is 5.73 Å². The molecule has 1 aromatic heterocycles. The Kier molecular flexibility index (Phi) is 4.43. The fourth-order valence-electron chi connectivity index (χ4n) is 1.25. The maximum Gasteiger partial charge on any atom is 0.251 e. The van der Waals surface area contributed by atoms with Crippen LogP contribution in [0.15, 0.2) is 4.21 Å². The maximum atomic E-state index is 11.9. The van der Waals surface area contributed by atoms with Crippen LogP contribution in [-0.2, 0) is 10.0 Å². The molecule has 3 N–H and O–H groups in total. The Hall–Kier alpha value is -0.500. The number of aryl methyl sites for hydroxylation is 2. The molecule has 0 aliphatic carbocycles. The molecule has 16 heavy (non-hydrogen) atoms. The summed E-state index contributed by atoms with van der Waals surface area (Å²) < 4.78 is 26.6. The second-order valence-electron chi connectivity index (χ2n) is 3.77. The number of hydrogen-bond donors (Lipinski definition) is 2. The van der Waals surface area contributed by atoms with E-state index in [0.29, 0.717) is 22.9 Å². The molecular weight excluding hydrogens is 246 g/mol. The van der Waals surface area contributed by atoms with Gasteiger partial charge in [-0.25, -0.2) is 18.1 Å². The molecular formula is C9H17N3O2S2. The largest absolute Gasteiger partial charge is 0.328 e. The van der Waals surface area contributed by atoms with Crippen molar-refractivity contribution in [3.05, 3.63) is 10.7 Å². The SMILES string of the molecule is Cc1nc(C)c(S(=O)(=O)NCCC(C)N)s1. The fourth-order valence-corrected chi connectivity index (χ4v) is 3.82. The molecule has 0 fully saturated rings. The van der Waals surface area contributed by atoms with E-state index in [4.69, 9.17) is 5.73 Å². The summed E-state index contributed by atoms with van der Waals surface area (Å²) in [5.41, 5.74) is 6.10. The summed E-state index contributed by atoms with van der Waals surface area (Å²) in [6, 6.07) is -0.00741. The first-order chi connectivity index (χ1) is 7.33. The lowest BCUT2D eigenvalue weighted by Gasteiger charge is -2.07. The molecule has 0 aromatic carbocycles. The topological polar surface area (TPSA) is 85.1 Å². The van der Waals surface area contributed by atoms with Crippen molar-refractivity contribution in [2.45, 2.75) is 37.4 Å². The van der Waals surface area contributed by atoms with Gasteiger partial charge in [-0.05, 0) is 27.2 Å². The number of nitrogens with two attached hydrogens (primary N) is 1. The van der Waals surface area contributed by atoms with E-state index in [9.17, 15) is 8.42 Å². The second kappa shape index (κ2) is 5.22. The Labute approximate surface area is 100 Å². The van der Waals surface area contributed by atoms with Crippen LogP contribution in [0.2, 0.25) is 0 Å². The smallest absolute Gasteiger partial charge is 0.251 e. The summed E-state index contributed by atoms with van der Waals surface area (Å²) in [7, 11) is -3.42. The van der Waals surface area contributed by atoms with Crippen LogP contribution in [0.1, 0.15) is 24.0 Å². The Morgan fingerprint density at radius 3 is 2.56 bits per heavy atom. The molecule has 1 rings (SSSR count). The highest BCUT2D eigenvalue weighted by atomic mass is 32.2. The number of sulfonamides is 1. The van der Waals surface area contributed by atoms with Crippen LogP contribution in [0.25, 0.3) is 0 Å². The molecule has 5 nitrogen and oxygen atoms in total. The zero-order valence-electron chi connectivity index (χ0n) is 9.65. The zero-order chi connectivity index (χ0) is 12.3. The molecule has 1 aromatic rings. The minimum atomic E-state index is -3.42. The lowest BCUT2D eigenvalue weighted by molar-refractivity contribution is 0.573. The lowest BCUT2D eigenvalue weighted by Crippen LogP contribution is -2.28. The van der Waals surface area contributed by atoms with Crippen molar-refractivity contribution in [3.8, 4) is 0 Å². The average molecular weight is 263 g/mol. The Bertz CT molecular complexity index is 451. The van der Waals surface area contributed by atoms with Crippen LogP contribution in [-0.4, -0.2) is 26.0 Å². The second-order valence-corrected chi connectivity index (χ2v) is 6.93. The van der Waals surface area contributed by atoms with Gasteiger partial charge in [0, 0.05) is 12.6 Å². The first kappa shape index (κ1) is 13.6. The monoisotopic (exact) mass is 263 g/mol. The van der Waals surface area contributed by atoms with Gasteiger partial charge in [-0.2, -0.15) is 0 Å². The van der Waals surface area contributed by atoms with E-state index in [2.05, 4.69) is 9.71 Å². The molecule has 0 radical (unpaired) electrons. The van der Waals surface area contributed by atoms with Gasteiger partial charge in [-0.15, -0.1) is 11.3 Å². The van der Waals surface area contributed by atoms with Crippen LogP contribution in [0.5, 0.6) is 0 Å². The molecule has 0 saturated heterocycles. The number of thiazole rings is 1. The van der Waals surface area contributed by atoms with E-state index < -0.39 is 10.0 Å². The number of aromatic nitrogens is 1. The van der Waals surface area contributed by atoms with Gasteiger partial charge in [0.25, 0.3) is 10.0 Å². The van der Waals surface area contributed by atoms with Crippen molar-refractivity contribution in [1.82, 2.24) is 9.71 Å². The standard InChI is InChI=1S/C9H17N3O2S2/c1-6(10)4-5-11-16(13,14)9-7(2)12-8(3)15-9/h6,11H,4-5,10H2,1-3H3. The van der Waals surface area contributed by atoms with Crippen LogP contribution < -0.4 is 10.5 Å². The molecule has 0 saturated carbocycles. The van der Waals surface area contributed by atoms with E-state index in [-0.39, 0.29) is 6.04 Å². The first-order valence-corrected chi connectivity index (χ1v) is 7.32. The molecule has 0 amide bonds. The molecule has 0 aliphatic rings. The third-order valence-corrected chi connectivity index (χ3v) is 5.14. The fraction of sp³-hybridized carbons (Fsp3) is 0.667. The maximum absolute atomic E-state index is 11.9. The van der Waals surface area contributed by atoms with E-state index >= 15 is 0 Å². The molecule has 1 heterocycles. The molecule has 0 bridgehead atoms. The summed E-state index contributed by atoms with van der Waals surface area (Å²) in [5.74, 6) is 0. The summed E-state index contributed by atoms with van der Waals surface area (Å²) in [6.45, 7) is 5.69. The normalized spacial score (nSPS) is 14.0. The number of nitrogens with zero attached hydrogens (tertiary/aromatic N) is 1. The summed E-state index contributed by atoms with van der Waals surface area (Å²) >= 11 is 1.19. The highest BCUT2D eigenvalue weighted by Gasteiger charge is 2.20. The highest BCUT2D eigenvalue weighted by Crippen LogP contribution is 2.22. The number of rotatable bonds is 5. The molecule has 0 spiro atoms. The Balaban J connectivity index is 2.75. The van der Waals surface area contributed by atoms with Gasteiger partial charge in [0.15, 0.2) is 4.21 Å². The first-order valence-electron chi connectivity index (χ1n) is 5.02. The minimum absolute atomic E-state index is 0.00741. The van der Waals surface area contributed by atoms with Crippen LogP contribution in [0, 0.1) is 13.8 Å². The highest BCUT2D eigenvalue weighted by molar-refractivity contribution is 7.91. The van der Waals surface area contributed by atoms with Gasteiger partial charge >= 0.3 is 0 Å². The third kappa shape index (κ3) is 3.51. The molecule has 1 atom stereocenters. The van der Waals surface area contributed by atoms with Gasteiger partial charge in [0.2, 0.25) is 0 Å². The predicted octanol–water partition coefficient (Wildman–Crippen LogP) is 0.776. The van der Waals surface area contributed by atoms with Crippen molar-refractivity contribution in [3.63, 3.8) is 0 Å². The Morgan fingerprint density at radius 1 is 1.50 bits per heavy atom. The van der Waals surface area contributed by atoms with E-state index in [1.165, 1.54) is 11.3 Å². The average Bonchev–Trinajstić information content (AvgIpc) is 2.44. The summed E-state index contributed by atoms with van der Waals surface area (Å²) in [5, 5.41) is 0.755. The van der Waals surface area contributed by atoms with Gasteiger partial charge in [-0.1, -0.05) is 0 Å². The quantitative estimate of drug-likeness (QED) is 0.822. The summed E-state index contributed by atoms with van der Waals surface area (Å²) in [6.07, 6.45) is 0.621. The van der Waals surface area contributed by atoms with Crippen LogP contribution in [0.4, 0.5) is 0 Å². The summed E-state index contributed by atoms with van der Waals surface area (Å²) in [4.78, 5) is 4.10. The zero-order valence-corrected chi connectivity index (χ0v) is 11.3. The predicted molar refractivity (Wildman–Crippen MR) is 65.0 cm³/mol. The van der Waals surface area contributed by atoms with E-state index in [1.54, 1.807) is 13.8 Å². The molecule has 0 aliphatic heterocycles. The van der Waals surface area contributed by atoms with Crippen molar-refractivity contribution in [1.29, 1.82) is 0 Å². The number of hydrogen-bond acceptors (Lipinski definition) is 5. The molecule has 7 heteroatoms. The van der Waals surface area contributed by atoms with Gasteiger partial charge in [0.1, 0.15) is 0 Å². The van der Waals surface area contributed by atoms with Gasteiger partial charge < -0.3 is 5.73 Å². The van der Waals surface area contributed by atoms with Crippen molar-refractivity contribution in [2.75, 3.05) is 6.54 Å². The van der Waals surface area contributed by atoms with Gasteiger partial charge in [0.05, 0.1) is 10.7 Å². The van der Waals surface area contributed by atoms with Crippen LogP contribution in [0.3, 0.4) is 0 Å². The number of nitrogens with one attached hydrogen (secondary N) is 1. The van der Waals surface area contributed by atoms with Crippen molar-refractivity contribution >= 4 is 21.4 Å². The van der Waals surface area contributed by atoms with Crippen molar-refractivity contribution < 1.29 is 8.42 Å². The van der Waals surface area contributed by atoms with E-state index in [0.717, 1.165) is 5.01 Å². The minimum Gasteiger partial charge on any atom is -0.328 e.